The number of benzene rings is 3. The smallest absolute Gasteiger partial charge is 0.283 e. The molecule has 0 saturated heterocycles. The molecule has 2 amide bonds. The third-order valence-corrected chi connectivity index (χ3v) is 5.40. The Morgan fingerprint density at radius 1 is 0.939 bits per heavy atom. The summed E-state index contributed by atoms with van der Waals surface area (Å²) in [4.78, 5) is 24.3. The van der Waals surface area contributed by atoms with E-state index in [4.69, 9.17) is 11.6 Å². The fourth-order valence-corrected chi connectivity index (χ4v) is 3.61. The van der Waals surface area contributed by atoms with E-state index < -0.39 is 11.8 Å². The molecular formula is C25H21ClN4O3. The third-order valence-electron chi connectivity index (χ3n) is 5.15. The summed E-state index contributed by atoms with van der Waals surface area (Å²) in [6.45, 7) is 0.218. The summed E-state index contributed by atoms with van der Waals surface area (Å²) in [5.41, 5.74) is 2.53. The SMILES string of the molecule is O=C(CNC(=O)c1ccc(Cl)cc1)N=Nc1c(O)n(CCc2ccccc2)c2ccccc12. The number of amides is 2. The number of azo groups is 1. The van der Waals surface area contributed by atoms with E-state index in [1.54, 1.807) is 28.8 Å². The summed E-state index contributed by atoms with van der Waals surface area (Å²) >= 11 is 5.81. The lowest BCUT2D eigenvalue weighted by Gasteiger charge is -2.07. The molecule has 0 fully saturated rings. The Kier molecular flexibility index (Phi) is 6.80. The molecule has 0 aliphatic carbocycles. The van der Waals surface area contributed by atoms with Crippen molar-refractivity contribution in [3.63, 3.8) is 0 Å². The average Bonchev–Trinajstić information content (AvgIpc) is 3.11. The number of nitrogens with one attached hydrogen (secondary N) is 1. The van der Waals surface area contributed by atoms with Crippen molar-refractivity contribution in [1.29, 1.82) is 0 Å². The minimum atomic E-state index is -0.641. The van der Waals surface area contributed by atoms with Crippen molar-refractivity contribution in [3.8, 4) is 5.88 Å². The van der Waals surface area contributed by atoms with Gasteiger partial charge in [0, 0.05) is 22.5 Å². The van der Waals surface area contributed by atoms with Gasteiger partial charge in [-0.3, -0.25) is 9.59 Å². The Balaban J connectivity index is 1.47. The Bertz CT molecular complexity index is 1320. The highest BCUT2D eigenvalue weighted by atomic mass is 35.5. The number of aryl methyl sites for hydroxylation is 2. The summed E-state index contributed by atoms with van der Waals surface area (Å²) in [5, 5.41) is 22.2. The van der Waals surface area contributed by atoms with Gasteiger partial charge in [0.2, 0.25) is 5.88 Å². The molecule has 1 heterocycles. The number of carbonyl (C=O) groups excluding carboxylic acids is 2. The normalized spacial score (nSPS) is 11.2. The van der Waals surface area contributed by atoms with Crippen molar-refractivity contribution in [1.82, 2.24) is 9.88 Å². The van der Waals surface area contributed by atoms with Gasteiger partial charge in [0.15, 0.2) is 5.69 Å². The molecule has 33 heavy (non-hydrogen) atoms. The van der Waals surface area contributed by atoms with Gasteiger partial charge in [0.1, 0.15) is 6.54 Å². The predicted octanol–water partition coefficient (Wildman–Crippen LogP) is 5.28. The van der Waals surface area contributed by atoms with Crippen LogP contribution < -0.4 is 5.32 Å². The van der Waals surface area contributed by atoms with Crippen LogP contribution in [0.5, 0.6) is 5.88 Å². The second-order valence-electron chi connectivity index (χ2n) is 7.36. The van der Waals surface area contributed by atoms with Crippen molar-refractivity contribution in [2.45, 2.75) is 13.0 Å². The van der Waals surface area contributed by atoms with E-state index in [1.165, 1.54) is 0 Å². The van der Waals surface area contributed by atoms with Crippen molar-refractivity contribution in [2.24, 2.45) is 10.2 Å². The molecule has 4 aromatic rings. The summed E-state index contributed by atoms with van der Waals surface area (Å²) in [6.07, 6.45) is 0.722. The lowest BCUT2D eigenvalue weighted by molar-refractivity contribution is -0.117. The number of hydrogen-bond acceptors (Lipinski definition) is 4. The molecule has 0 spiro atoms. The number of fused-ring (bicyclic) bond motifs is 1. The zero-order chi connectivity index (χ0) is 23.2. The van der Waals surface area contributed by atoms with Gasteiger partial charge in [0.05, 0.1) is 5.52 Å². The van der Waals surface area contributed by atoms with Crippen LogP contribution in [0.15, 0.2) is 89.1 Å². The maximum absolute atomic E-state index is 12.2. The molecule has 1 aromatic heterocycles. The van der Waals surface area contributed by atoms with E-state index in [-0.39, 0.29) is 18.1 Å². The van der Waals surface area contributed by atoms with Crippen LogP contribution in [-0.2, 0) is 17.8 Å². The Morgan fingerprint density at radius 3 is 2.39 bits per heavy atom. The second-order valence-corrected chi connectivity index (χ2v) is 7.80. The van der Waals surface area contributed by atoms with Gasteiger partial charge in [-0.2, -0.15) is 0 Å². The first-order chi connectivity index (χ1) is 16.0. The molecular weight excluding hydrogens is 440 g/mol. The highest BCUT2D eigenvalue weighted by Gasteiger charge is 2.17. The van der Waals surface area contributed by atoms with Crippen LogP contribution in [-0.4, -0.2) is 28.0 Å². The average molecular weight is 461 g/mol. The number of nitrogens with zero attached hydrogens (tertiary/aromatic N) is 3. The number of halogens is 1. The number of aromatic nitrogens is 1. The van der Waals surface area contributed by atoms with Crippen LogP contribution in [0, 0.1) is 0 Å². The largest absolute Gasteiger partial charge is 0.493 e. The molecule has 2 N–H and O–H groups in total. The lowest BCUT2D eigenvalue weighted by atomic mass is 10.1. The van der Waals surface area contributed by atoms with Crippen molar-refractivity contribution in [2.75, 3.05) is 6.54 Å². The van der Waals surface area contributed by atoms with Gasteiger partial charge in [0.25, 0.3) is 11.8 Å². The molecule has 3 aromatic carbocycles. The van der Waals surface area contributed by atoms with Gasteiger partial charge < -0.3 is 15.0 Å². The summed E-state index contributed by atoms with van der Waals surface area (Å²) in [5.74, 6) is -1.12. The van der Waals surface area contributed by atoms with Gasteiger partial charge in [-0.15, -0.1) is 10.2 Å². The Hall–Kier alpha value is -3.97. The molecule has 7 nitrogen and oxygen atoms in total. The van der Waals surface area contributed by atoms with Crippen LogP contribution in [0.25, 0.3) is 10.9 Å². The number of hydrogen-bond donors (Lipinski definition) is 2. The van der Waals surface area contributed by atoms with Crippen LogP contribution in [0.4, 0.5) is 5.69 Å². The van der Waals surface area contributed by atoms with Crippen LogP contribution in [0.3, 0.4) is 0 Å². The zero-order valence-corrected chi connectivity index (χ0v) is 18.4. The van der Waals surface area contributed by atoms with Crippen LogP contribution in [0.2, 0.25) is 5.02 Å². The Labute approximate surface area is 195 Å². The number of para-hydroxylation sites is 1. The van der Waals surface area contributed by atoms with E-state index in [2.05, 4.69) is 15.5 Å². The molecule has 4 rings (SSSR count). The molecule has 8 heteroatoms. The first kappa shape index (κ1) is 22.2. The van der Waals surface area contributed by atoms with E-state index in [0.717, 1.165) is 17.5 Å². The van der Waals surface area contributed by atoms with E-state index in [0.29, 0.717) is 22.5 Å². The van der Waals surface area contributed by atoms with Crippen molar-refractivity contribution < 1.29 is 14.7 Å². The predicted molar refractivity (Wildman–Crippen MR) is 127 cm³/mol. The van der Waals surface area contributed by atoms with Crippen molar-refractivity contribution in [3.05, 3.63) is 95.0 Å². The first-order valence-electron chi connectivity index (χ1n) is 10.4. The molecule has 0 unspecified atom stereocenters. The van der Waals surface area contributed by atoms with Gasteiger partial charge >= 0.3 is 0 Å². The summed E-state index contributed by atoms with van der Waals surface area (Å²) < 4.78 is 1.75. The highest BCUT2D eigenvalue weighted by molar-refractivity contribution is 6.30. The quantitative estimate of drug-likeness (QED) is 0.367. The number of carbonyl (C=O) groups is 2. The zero-order valence-electron chi connectivity index (χ0n) is 17.6. The summed E-state index contributed by atoms with van der Waals surface area (Å²) in [7, 11) is 0. The third kappa shape index (κ3) is 5.27. The Morgan fingerprint density at radius 2 is 1.64 bits per heavy atom. The van der Waals surface area contributed by atoms with E-state index in [9.17, 15) is 14.7 Å². The van der Waals surface area contributed by atoms with E-state index >= 15 is 0 Å². The van der Waals surface area contributed by atoms with Crippen LogP contribution >= 0.6 is 11.6 Å². The highest BCUT2D eigenvalue weighted by Crippen LogP contribution is 2.38. The fraction of sp³-hybridized carbons (Fsp3) is 0.120. The molecule has 0 atom stereocenters. The number of rotatable bonds is 7. The lowest BCUT2D eigenvalue weighted by Crippen LogP contribution is -2.28. The summed E-state index contributed by atoms with van der Waals surface area (Å²) in [6, 6.07) is 23.7. The topological polar surface area (TPSA) is 96.1 Å². The molecule has 0 saturated carbocycles. The van der Waals surface area contributed by atoms with Gasteiger partial charge in [-0.25, -0.2) is 0 Å². The minimum absolute atomic E-state index is 0.0612. The molecule has 0 bridgehead atoms. The maximum atomic E-state index is 12.2. The fourth-order valence-electron chi connectivity index (χ4n) is 3.48. The van der Waals surface area contributed by atoms with Crippen LogP contribution in [0.1, 0.15) is 15.9 Å². The maximum Gasteiger partial charge on any atom is 0.283 e. The first-order valence-corrected chi connectivity index (χ1v) is 10.7. The van der Waals surface area contributed by atoms with Gasteiger partial charge in [-0.05, 0) is 42.3 Å². The molecule has 0 radical (unpaired) electrons. The molecule has 166 valence electrons. The van der Waals surface area contributed by atoms with E-state index in [1.807, 2.05) is 54.6 Å². The van der Waals surface area contributed by atoms with Gasteiger partial charge in [-0.1, -0.05) is 60.1 Å². The molecule has 0 aliphatic heterocycles. The molecule has 0 aliphatic rings. The van der Waals surface area contributed by atoms with Crippen molar-refractivity contribution >= 4 is 40.0 Å². The number of aromatic hydroxyl groups is 1. The minimum Gasteiger partial charge on any atom is -0.493 e. The monoisotopic (exact) mass is 460 g/mol. The standard InChI is InChI=1S/C25H21ClN4O3/c26-19-12-10-18(11-13-19)24(32)27-16-22(31)28-29-23-20-8-4-5-9-21(20)30(25(23)33)15-14-17-6-2-1-3-7-17/h1-13,33H,14-16H2,(H,27,32). The second kappa shape index (κ2) is 10.1.